The zero-order chi connectivity index (χ0) is 17.0. The number of hydrogen-bond acceptors (Lipinski definition) is 4. The molecule has 0 aliphatic rings. The zero-order valence-electron chi connectivity index (χ0n) is 12.4. The predicted molar refractivity (Wildman–Crippen MR) is 87.9 cm³/mol. The van der Waals surface area contributed by atoms with Gasteiger partial charge in [0.1, 0.15) is 0 Å². The van der Waals surface area contributed by atoms with Gasteiger partial charge in [0.2, 0.25) is 0 Å². The van der Waals surface area contributed by atoms with Gasteiger partial charge in [0.05, 0.1) is 10.6 Å². The van der Waals surface area contributed by atoms with Gasteiger partial charge in [-0.05, 0) is 48.9 Å². The summed E-state index contributed by atoms with van der Waals surface area (Å²) >= 11 is 0. The Morgan fingerprint density at radius 2 is 1.91 bits per heavy atom. The zero-order valence-corrected chi connectivity index (χ0v) is 13.2. The second-order valence-electron chi connectivity index (χ2n) is 4.83. The Bertz CT molecular complexity index is 847. The highest BCUT2D eigenvalue weighted by Crippen LogP contribution is 2.21. The first-order valence-electron chi connectivity index (χ1n) is 6.68. The SMILES string of the molecule is C=CC(=O)N(O)c1cccc(S(=O)(=O)Nc2cccc(C)c2)c1. The summed E-state index contributed by atoms with van der Waals surface area (Å²) in [6, 6.07) is 12.3. The maximum absolute atomic E-state index is 12.4. The lowest BCUT2D eigenvalue weighted by atomic mass is 10.2. The van der Waals surface area contributed by atoms with E-state index in [0.717, 1.165) is 11.6 Å². The van der Waals surface area contributed by atoms with Gasteiger partial charge in [-0.1, -0.05) is 24.8 Å². The number of nitrogens with one attached hydrogen (secondary N) is 1. The molecule has 0 radical (unpaired) electrons. The number of sulfonamides is 1. The largest absolute Gasteiger partial charge is 0.281 e. The molecule has 0 aromatic heterocycles. The number of aryl methyl sites for hydroxylation is 1. The molecule has 2 aromatic rings. The average molecular weight is 332 g/mol. The molecule has 120 valence electrons. The fourth-order valence-electron chi connectivity index (χ4n) is 1.92. The number of carbonyl (C=O) groups is 1. The van der Waals surface area contributed by atoms with Crippen LogP contribution < -0.4 is 9.79 Å². The molecule has 6 nitrogen and oxygen atoms in total. The van der Waals surface area contributed by atoms with Crippen LogP contribution in [0.2, 0.25) is 0 Å². The van der Waals surface area contributed by atoms with Gasteiger partial charge >= 0.3 is 0 Å². The van der Waals surface area contributed by atoms with Crippen molar-refractivity contribution in [3.63, 3.8) is 0 Å². The molecular weight excluding hydrogens is 316 g/mol. The Balaban J connectivity index is 2.33. The summed E-state index contributed by atoms with van der Waals surface area (Å²) in [5, 5.41) is 10.0. The van der Waals surface area contributed by atoms with E-state index in [1.165, 1.54) is 24.3 Å². The number of amides is 1. The fourth-order valence-corrected chi connectivity index (χ4v) is 3.01. The van der Waals surface area contributed by atoms with Crippen molar-refractivity contribution in [2.75, 3.05) is 9.79 Å². The molecule has 0 saturated carbocycles. The van der Waals surface area contributed by atoms with Crippen molar-refractivity contribution in [3.05, 3.63) is 66.7 Å². The standard InChI is InChI=1S/C16H16N2O4S/c1-3-16(19)18(20)14-8-5-9-15(11-14)23(21,22)17-13-7-4-6-12(2)10-13/h3-11,17,20H,1H2,2H3. The van der Waals surface area contributed by atoms with E-state index in [1.807, 2.05) is 13.0 Å². The third kappa shape index (κ3) is 3.97. The summed E-state index contributed by atoms with van der Waals surface area (Å²) in [5.74, 6) is -0.758. The Kier molecular flexibility index (Phi) is 4.83. The normalized spacial score (nSPS) is 10.9. The number of nitrogens with zero attached hydrogens (tertiary/aromatic N) is 1. The minimum atomic E-state index is -3.84. The quantitative estimate of drug-likeness (QED) is 0.501. The highest BCUT2D eigenvalue weighted by molar-refractivity contribution is 7.92. The molecule has 0 fully saturated rings. The van der Waals surface area contributed by atoms with Crippen LogP contribution in [-0.2, 0) is 14.8 Å². The maximum atomic E-state index is 12.4. The van der Waals surface area contributed by atoms with E-state index in [0.29, 0.717) is 10.8 Å². The Labute approximate surface area is 134 Å². The van der Waals surface area contributed by atoms with E-state index in [-0.39, 0.29) is 10.6 Å². The monoisotopic (exact) mass is 332 g/mol. The molecule has 1 amide bonds. The smallest absolute Gasteiger partial charge is 0.274 e. The highest BCUT2D eigenvalue weighted by atomic mass is 32.2. The summed E-state index contributed by atoms with van der Waals surface area (Å²) < 4.78 is 27.3. The van der Waals surface area contributed by atoms with Gasteiger partial charge in [-0.15, -0.1) is 0 Å². The van der Waals surface area contributed by atoms with E-state index in [4.69, 9.17) is 0 Å². The predicted octanol–water partition coefficient (Wildman–Crippen LogP) is 2.70. The molecule has 0 spiro atoms. The lowest BCUT2D eigenvalue weighted by Gasteiger charge is -2.14. The number of benzene rings is 2. The van der Waals surface area contributed by atoms with Crippen molar-refractivity contribution >= 4 is 27.3 Å². The number of carbonyl (C=O) groups excluding carboxylic acids is 1. The number of hydroxylamine groups is 1. The molecule has 2 rings (SSSR count). The molecule has 0 aliphatic carbocycles. The van der Waals surface area contributed by atoms with Crippen LogP contribution >= 0.6 is 0 Å². The molecule has 0 unspecified atom stereocenters. The summed E-state index contributed by atoms with van der Waals surface area (Å²) in [7, 11) is -3.84. The van der Waals surface area contributed by atoms with Crippen molar-refractivity contribution in [1.82, 2.24) is 0 Å². The van der Waals surface area contributed by atoms with Crippen molar-refractivity contribution in [3.8, 4) is 0 Å². The molecule has 2 N–H and O–H groups in total. The topological polar surface area (TPSA) is 86.7 Å². The third-order valence-electron chi connectivity index (χ3n) is 3.03. The molecule has 0 bridgehead atoms. The van der Waals surface area contributed by atoms with Crippen molar-refractivity contribution in [1.29, 1.82) is 0 Å². The van der Waals surface area contributed by atoms with Gasteiger partial charge in [-0.3, -0.25) is 14.7 Å². The van der Waals surface area contributed by atoms with E-state index in [9.17, 15) is 18.4 Å². The fraction of sp³-hybridized carbons (Fsp3) is 0.0625. The van der Waals surface area contributed by atoms with E-state index in [1.54, 1.807) is 18.2 Å². The first-order chi connectivity index (χ1) is 10.8. The Hall–Kier alpha value is -2.64. The minimum absolute atomic E-state index is 0.0296. The van der Waals surface area contributed by atoms with Gasteiger partial charge in [0.25, 0.3) is 15.9 Å². The first kappa shape index (κ1) is 16.7. The lowest BCUT2D eigenvalue weighted by molar-refractivity contribution is -0.118. The first-order valence-corrected chi connectivity index (χ1v) is 8.17. The van der Waals surface area contributed by atoms with Crippen LogP contribution in [0.4, 0.5) is 11.4 Å². The van der Waals surface area contributed by atoms with E-state index < -0.39 is 15.9 Å². The van der Waals surface area contributed by atoms with Crippen molar-refractivity contribution < 1.29 is 18.4 Å². The van der Waals surface area contributed by atoms with Crippen molar-refractivity contribution in [2.45, 2.75) is 11.8 Å². The average Bonchev–Trinajstić information content (AvgIpc) is 2.53. The highest BCUT2D eigenvalue weighted by Gasteiger charge is 2.17. The van der Waals surface area contributed by atoms with Crippen LogP contribution in [-0.4, -0.2) is 19.5 Å². The Morgan fingerprint density at radius 3 is 2.57 bits per heavy atom. The van der Waals surface area contributed by atoms with Gasteiger partial charge < -0.3 is 0 Å². The number of rotatable bonds is 5. The van der Waals surface area contributed by atoms with Crippen LogP contribution in [0.5, 0.6) is 0 Å². The molecule has 23 heavy (non-hydrogen) atoms. The summed E-state index contributed by atoms with van der Waals surface area (Å²) in [6.45, 7) is 5.11. The summed E-state index contributed by atoms with van der Waals surface area (Å²) in [5.41, 5.74) is 1.37. The maximum Gasteiger partial charge on any atom is 0.274 e. The molecule has 0 heterocycles. The minimum Gasteiger partial charge on any atom is -0.281 e. The summed E-state index contributed by atoms with van der Waals surface area (Å²) in [4.78, 5) is 11.3. The van der Waals surface area contributed by atoms with Gasteiger partial charge in [-0.25, -0.2) is 8.42 Å². The van der Waals surface area contributed by atoms with E-state index in [2.05, 4.69) is 11.3 Å². The second-order valence-corrected chi connectivity index (χ2v) is 6.51. The number of anilines is 2. The molecular formula is C16H16N2O4S. The van der Waals surface area contributed by atoms with Gasteiger partial charge in [0, 0.05) is 5.69 Å². The third-order valence-corrected chi connectivity index (χ3v) is 4.41. The van der Waals surface area contributed by atoms with Crippen LogP contribution in [0.1, 0.15) is 5.56 Å². The van der Waals surface area contributed by atoms with Crippen LogP contribution in [0.25, 0.3) is 0 Å². The molecule has 2 aromatic carbocycles. The number of hydrogen-bond donors (Lipinski definition) is 2. The van der Waals surface area contributed by atoms with Crippen molar-refractivity contribution in [2.24, 2.45) is 0 Å². The molecule has 0 atom stereocenters. The van der Waals surface area contributed by atoms with E-state index >= 15 is 0 Å². The molecule has 7 heteroatoms. The molecule has 0 saturated heterocycles. The van der Waals surface area contributed by atoms with Crippen LogP contribution in [0.15, 0.2) is 66.1 Å². The van der Waals surface area contributed by atoms with Gasteiger partial charge in [-0.2, -0.15) is 5.06 Å². The molecule has 0 aliphatic heterocycles. The summed E-state index contributed by atoms with van der Waals surface area (Å²) in [6.07, 6.45) is 0.923. The van der Waals surface area contributed by atoms with Crippen LogP contribution in [0.3, 0.4) is 0 Å². The van der Waals surface area contributed by atoms with Crippen LogP contribution in [0, 0.1) is 6.92 Å². The van der Waals surface area contributed by atoms with Gasteiger partial charge in [0.15, 0.2) is 0 Å². The second kappa shape index (κ2) is 6.64. The Morgan fingerprint density at radius 1 is 1.22 bits per heavy atom. The lowest BCUT2D eigenvalue weighted by Crippen LogP contribution is -2.25.